The fraction of sp³-hybridized carbons (Fsp3) is 0.222. The SMILES string of the molecule is C=CCn1c(SC(C)C(=O)c2c(C)n(CC)c3ccccc23)nnc1-c1cc2ccccc2o1. The Hall–Kier alpha value is -3.58. The number of benzene rings is 2. The topological polar surface area (TPSA) is 65.8 Å². The number of hydrogen-bond acceptors (Lipinski definition) is 5. The van der Waals surface area contributed by atoms with Gasteiger partial charge in [0.25, 0.3) is 0 Å². The molecule has 0 bridgehead atoms. The largest absolute Gasteiger partial charge is 0.453 e. The van der Waals surface area contributed by atoms with Gasteiger partial charge in [0.05, 0.1) is 5.25 Å². The number of aromatic nitrogens is 4. The first kappa shape index (κ1) is 22.2. The molecule has 0 fully saturated rings. The lowest BCUT2D eigenvalue weighted by Crippen LogP contribution is -2.16. The van der Waals surface area contributed by atoms with Crippen molar-refractivity contribution >= 4 is 39.4 Å². The van der Waals surface area contributed by atoms with Crippen LogP contribution in [-0.4, -0.2) is 30.4 Å². The highest BCUT2D eigenvalue weighted by Gasteiger charge is 2.27. The van der Waals surface area contributed by atoms with Gasteiger partial charge in [-0.15, -0.1) is 16.8 Å². The van der Waals surface area contributed by atoms with Crippen LogP contribution >= 0.6 is 11.8 Å². The third-order valence-corrected chi connectivity index (χ3v) is 7.20. The van der Waals surface area contributed by atoms with Gasteiger partial charge in [0.15, 0.2) is 16.7 Å². The average Bonchev–Trinajstić information content (AvgIpc) is 3.52. The Labute approximate surface area is 202 Å². The average molecular weight is 471 g/mol. The standard InChI is InChI=1S/C27H26N4O2S/c1-5-15-31-26(23-16-19-11-7-10-14-22(19)33-23)28-29-27(31)34-18(4)25(32)24-17(3)30(6-2)21-13-9-8-12-20(21)24/h5,7-14,16,18H,1,6,15H2,2-4H3. The van der Waals surface area contributed by atoms with Gasteiger partial charge in [-0.3, -0.25) is 9.36 Å². The number of allylic oxidation sites excluding steroid dienone is 1. The van der Waals surface area contributed by atoms with E-state index in [1.165, 1.54) is 11.8 Å². The summed E-state index contributed by atoms with van der Waals surface area (Å²) in [5, 5.41) is 11.1. The number of rotatable bonds is 8. The number of carbonyl (C=O) groups excluding carboxylic acids is 1. The van der Waals surface area contributed by atoms with Crippen LogP contribution in [0.4, 0.5) is 0 Å². The molecule has 7 heteroatoms. The summed E-state index contributed by atoms with van der Waals surface area (Å²) in [5.41, 5.74) is 3.66. The number of furan rings is 1. The zero-order valence-corrected chi connectivity index (χ0v) is 20.3. The molecule has 0 amide bonds. The van der Waals surface area contributed by atoms with Crippen molar-refractivity contribution in [3.05, 3.63) is 78.5 Å². The first-order valence-electron chi connectivity index (χ1n) is 11.3. The minimum Gasteiger partial charge on any atom is -0.453 e. The van der Waals surface area contributed by atoms with Crippen LogP contribution in [0.5, 0.6) is 0 Å². The Morgan fingerprint density at radius 1 is 1.15 bits per heavy atom. The molecule has 6 nitrogen and oxygen atoms in total. The van der Waals surface area contributed by atoms with Crippen LogP contribution < -0.4 is 0 Å². The molecule has 5 rings (SSSR count). The van der Waals surface area contributed by atoms with Crippen molar-refractivity contribution in [2.45, 2.75) is 44.3 Å². The van der Waals surface area contributed by atoms with Gasteiger partial charge in [0.1, 0.15) is 5.58 Å². The van der Waals surface area contributed by atoms with E-state index in [0.29, 0.717) is 23.3 Å². The van der Waals surface area contributed by atoms with Gasteiger partial charge >= 0.3 is 0 Å². The summed E-state index contributed by atoms with van der Waals surface area (Å²) in [4.78, 5) is 13.6. The highest BCUT2D eigenvalue weighted by atomic mass is 32.2. The summed E-state index contributed by atoms with van der Waals surface area (Å²) >= 11 is 1.41. The fourth-order valence-corrected chi connectivity index (χ4v) is 5.43. The van der Waals surface area contributed by atoms with E-state index in [2.05, 4.69) is 34.3 Å². The van der Waals surface area contributed by atoms with Gasteiger partial charge in [-0.05, 0) is 39.0 Å². The zero-order valence-electron chi connectivity index (χ0n) is 19.5. The van der Waals surface area contributed by atoms with E-state index in [1.54, 1.807) is 6.08 Å². The highest BCUT2D eigenvalue weighted by Crippen LogP contribution is 2.34. The molecule has 0 spiro atoms. The van der Waals surface area contributed by atoms with Crippen LogP contribution in [0.3, 0.4) is 0 Å². The van der Waals surface area contributed by atoms with Crippen molar-refractivity contribution in [2.24, 2.45) is 0 Å². The smallest absolute Gasteiger partial charge is 0.200 e. The molecule has 3 heterocycles. The van der Waals surface area contributed by atoms with Gasteiger partial charge in [-0.25, -0.2) is 0 Å². The number of nitrogens with zero attached hydrogens (tertiary/aromatic N) is 4. The molecule has 2 aromatic carbocycles. The lowest BCUT2D eigenvalue weighted by atomic mass is 10.0. The van der Waals surface area contributed by atoms with Crippen LogP contribution in [0, 0.1) is 6.92 Å². The number of carbonyl (C=O) groups is 1. The molecule has 5 aromatic rings. The first-order valence-corrected chi connectivity index (χ1v) is 12.2. The predicted octanol–water partition coefficient (Wildman–Crippen LogP) is 6.52. The van der Waals surface area contributed by atoms with Crippen molar-refractivity contribution in [1.29, 1.82) is 0 Å². The lowest BCUT2D eigenvalue weighted by Gasteiger charge is -2.12. The van der Waals surface area contributed by atoms with Crippen molar-refractivity contribution < 1.29 is 9.21 Å². The Kier molecular flexibility index (Phi) is 5.87. The summed E-state index contributed by atoms with van der Waals surface area (Å²) in [6.07, 6.45) is 1.80. The molecule has 0 radical (unpaired) electrons. The second kappa shape index (κ2) is 8.99. The van der Waals surface area contributed by atoms with E-state index < -0.39 is 0 Å². The van der Waals surface area contributed by atoms with Crippen molar-refractivity contribution in [1.82, 2.24) is 19.3 Å². The third kappa shape index (κ3) is 3.66. The molecule has 0 saturated heterocycles. The molecule has 0 aliphatic rings. The maximum atomic E-state index is 13.6. The minimum absolute atomic E-state index is 0.0874. The molecule has 3 aromatic heterocycles. The number of fused-ring (bicyclic) bond motifs is 2. The molecular formula is C27H26N4O2S. The monoisotopic (exact) mass is 470 g/mol. The molecule has 0 aliphatic carbocycles. The van der Waals surface area contributed by atoms with Gasteiger partial charge in [-0.2, -0.15) is 0 Å². The van der Waals surface area contributed by atoms with E-state index in [4.69, 9.17) is 4.42 Å². The quantitative estimate of drug-likeness (QED) is 0.147. The molecular weight excluding hydrogens is 444 g/mol. The fourth-order valence-electron chi connectivity index (χ4n) is 4.51. The second-order valence-electron chi connectivity index (χ2n) is 8.20. The van der Waals surface area contributed by atoms with E-state index in [9.17, 15) is 4.79 Å². The molecule has 1 unspecified atom stereocenters. The lowest BCUT2D eigenvalue weighted by molar-refractivity contribution is 0.0994. The van der Waals surface area contributed by atoms with Gasteiger partial charge in [0.2, 0.25) is 5.82 Å². The van der Waals surface area contributed by atoms with Crippen LogP contribution in [0.25, 0.3) is 33.5 Å². The molecule has 0 aliphatic heterocycles. The van der Waals surface area contributed by atoms with E-state index in [-0.39, 0.29) is 11.0 Å². The number of thioether (sulfide) groups is 1. The summed E-state index contributed by atoms with van der Waals surface area (Å²) < 4.78 is 10.2. The second-order valence-corrected chi connectivity index (χ2v) is 9.51. The summed E-state index contributed by atoms with van der Waals surface area (Å²) in [6, 6.07) is 17.9. The summed E-state index contributed by atoms with van der Waals surface area (Å²) in [7, 11) is 0. The predicted molar refractivity (Wildman–Crippen MR) is 137 cm³/mol. The Bertz CT molecular complexity index is 1490. The van der Waals surface area contributed by atoms with Crippen molar-refractivity contribution in [3.8, 4) is 11.6 Å². The van der Waals surface area contributed by atoms with E-state index >= 15 is 0 Å². The van der Waals surface area contributed by atoms with E-state index in [1.807, 2.05) is 66.9 Å². The van der Waals surface area contributed by atoms with Crippen LogP contribution in [0.2, 0.25) is 0 Å². The number of para-hydroxylation sites is 2. The molecule has 172 valence electrons. The van der Waals surface area contributed by atoms with Gasteiger partial charge in [-0.1, -0.05) is 54.2 Å². The van der Waals surface area contributed by atoms with E-state index in [0.717, 1.165) is 39.7 Å². The Balaban J connectivity index is 1.49. The number of hydrogen-bond donors (Lipinski definition) is 0. The number of aryl methyl sites for hydroxylation is 1. The first-order chi connectivity index (χ1) is 16.5. The van der Waals surface area contributed by atoms with Gasteiger partial charge < -0.3 is 8.98 Å². The van der Waals surface area contributed by atoms with Crippen molar-refractivity contribution in [3.63, 3.8) is 0 Å². The molecule has 34 heavy (non-hydrogen) atoms. The van der Waals surface area contributed by atoms with Crippen LogP contribution in [-0.2, 0) is 13.1 Å². The number of Topliss-reactive ketones (excluding diaryl/α,β-unsaturated/α-hetero) is 1. The Morgan fingerprint density at radius 3 is 2.68 bits per heavy atom. The maximum absolute atomic E-state index is 13.6. The summed E-state index contributed by atoms with van der Waals surface area (Å²) in [6.45, 7) is 11.3. The Morgan fingerprint density at radius 2 is 1.91 bits per heavy atom. The zero-order chi connectivity index (χ0) is 23.8. The molecule has 0 saturated carbocycles. The minimum atomic E-state index is -0.342. The van der Waals surface area contributed by atoms with Crippen LogP contribution in [0.15, 0.2) is 76.8 Å². The maximum Gasteiger partial charge on any atom is 0.200 e. The normalized spacial score (nSPS) is 12.4. The molecule has 1 atom stereocenters. The summed E-state index contributed by atoms with van der Waals surface area (Å²) in [5.74, 6) is 1.35. The van der Waals surface area contributed by atoms with Crippen LogP contribution in [0.1, 0.15) is 29.9 Å². The molecule has 0 N–H and O–H groups in total. The van der Waals surface area contributed by atoms with Crippen molar-refractivity contribution in [2.75, 3.05) is 0 Å². The van der Waals surface area contributed by atoms with Gasteiger partial charge in [0, 0.05) is 40.6 Å². The third-order valence-electron chi connectivity index (χ3n) is 6.12. The number of ketones is 1. The highest BCUT2D eigenvalue weighted by molar-refractivity contribution is 8.00.